The van der Waals surface area contributed by atoms with Crippen molar-refractivity contribution < 1.29 is 23.9 Å². The summed E-state index contributed by atoms with van der Waals surface area (Å²) in [6.07, 6.45) is 0.798. The van der Waals surface area contributed by atoms with Crippen LogP contribution in [0.4, 0.5) is 4.79 Å². The molecule has 1 aliphatic rings. The Labute approximate surface area is 175 Å². The first kappa shape index (κ1) is 21.4. The van der Waals surface area contributed by atoms with Gasteiger partial charge in [0.2, 0.25) is 0 Å². The summed E-state index contributed by atoms with van der Waals surface area (Å²) in [7, 11) is 1.64. The molecule has 1 saturated heterocycles. The number of hydrogen-bond donors (Lipinski definition) is 0. The largest absolute Gasteiger partial charge is 0.385 e. The molecule has 0 atom stereocenters. The molecule has 3 rings (SSSR count). The lowest BCUT2D eigenvalue weighted by Gasteiger charge is -2.15. The number of methoxy groups -OCH3 is 1. The molecule has 1 aliphatic heterocycles. The van der Waals surface area contributed by atoms with Crippen molar-refractivity contribution in [1.82, 2.24) is 14.4 Å². The van der Waals surface area contributed by atoms with Crippen LogP contribution >= 0.6 is 0 Å². The summed E-state index contributed by atoms with van der Waals surface area (Å²) in [5.74, 6) is -2.27. The molecule has 2 aromatic rings. The number of hydrogen-bond acceptors (Lipinski definition) is 5. The van der Waals surface area contributed by atoms with Crippen molar-refractivity contribution in [2.24, 2.45) is 0 Å². The average Bonchev–Trinajstić information content (AvgIpc) is 3.12. The zero-order chi connectivity index (χ0) is 21.8. The lowest BCUT2D eigenvalue weighted by molar-refractivity contribution is -0.143. The summed E-state index contributed by atoms with van der Waals surface area (Å²) in [6.45, 7) is 4.56. The molecule has 0 N–H and O–H groups in total. The molecule has 1 fully saturated rings. The maximum Gasteiger partial charge on any atom is 0.334 e. The second-order valence-electron chi connectivity index (χ2n) is 7.26. The summed E-state index contributed by atoms with van der Waals surface area (Å²) < 4.78 is 7.08. The number of ether oxygens (including phenoxy) is 1. The number of Topliss-reactive ketones (excluding diaryl/α,β-unsaturated/α-hetero) is 1. The molecule has 0 aliphatic carbocycles. The molecule has 4 amide bonds. The van der Waals surface area contributed by atoms with E-state index in [1.54, 1.807) is 37.4 Å². The highest BCUT2D eigenvalue weighted by Crippen LogP contribution is 2.20. The smallest absolute Gasteiger partial charge is 0.334 e. The Morgan fingerprint density at radius 3 is 2.33 bits per heavy atom. The molecule has 0 spiro atoms. The van der Waals surface area contributed by atoms with Crippen LogP contribution in [0.15, 0.2) is 36.4 Å². The average molecular weight is 411 g/mol. The fourth-order valence-electron chi connectivity index (χ4n) is 3.62. The van der Waals surface area contributed by atoms with E-state index < -0.39 is 24.4 Å². The Morgan fingerprint density at radius 1 is 1.00 bits per heavy atom. The zero-order valence-electron chi connectivity index (χ0n) is 17.4. The summed E-state index contributed by atoms with van der Waals surface area (Å²) in [5.41, 5.74) is 2.84. The van der Waals surface area contributed by atoms with Gasteiger partial charge in [-0.15, -0.1) is 0 Å². The highest BCUT2D eigenvalue weighted by Gasteiger charge is 2.45. The van der Waals surface area contributed by atoms with Gasteiger partial charge < -0.3 is 9.30 Å². The standard InChI is InChI=1S/C22H25N3O5/c1-15-12-18(16(2)23(15)10-7-11-30-3)19(26)14-25-21(28)20(27)24(22(25)29)13-17-8-5-4-6-9-17/h4-6,8-9,12H,7,10-11,13-14H2,1-3H3. The molecule has 1 aromatic carbocycles. The quantitative estimate of drug-likeness (QED) is 0.273. The van der Waals surface area contributed by atoms with Crippen LogP contribution in [0, 0.1) is 13.8 Å². The molecule has 158 valence electrons. The van der Waals surface area contributed by atoms with E-state index in [1.165, 1.54) is 0 Å². The number of aromatic nitrogens is 1. The third-order valence-corrected chi connectivity index (χ3v) is 5.22. The first-order valence-corrected chi connectivity index (χ1v) is 9.75. The maximum absolute atomic E-state index is 12.9. The first-order chi connectivity index (χ1) is 14.3. The zero-order valence-corrected chi connectivity index (χ0v) is 17.4. The van der Waals surface area contributed by atoms with E-state index in [4.69, 9.17) is 4.74 Å². The summed E-state index contributed by atoms with van der Waals surface area (Å²) in [6, 6.07) is 9.89. The monoisotopic (exact) mass is 411 g/mol. The maximum atomic E-state index is 12.9. The third-order valence-electron chi connectivity index (χ3n) is 5.22. The van der Waals surface area contributed by atoms with Crippen LogP contribution in [0.25, 0.3) is 0 Å². The Hall–Kier alpha value is -3.26. The Morgan fingerprint density at radius 2 is 1.67 bits per heavy atom. The van der Waals surface area contributed by atoms with Gasteiger partial charge in [-0.3, -0.25) is 19.3 Å². The summed E-state index contributed by atoms with van der Waals surface area (Å²) >= 11 is 0. The Bertz CT molecular complexity index is 980. The fraction of sp³-hybridized carbons (Fsp3) is 0.364. The topological polar surface area (TPSA) is 88.9 Å². The van der Waals surface area contributed by atoms with Crippen LogP contribution in [-0.2, 0) is 27.4 Å². The van der Waals surface area contributed by atoms with Crippen LogP contribution in [0.1, 0.15) is 33.7 Å². The van der Waals surface area contributed by atoms with E-state index >= 15 is 0 Å². The Kier molecular flexibility index (Phi) is 6.47. The Balaban J connectivity index is 1.73. The number of rotatable bonds is 9. The predicted molar refractivity (Wildman–Crippen MR) is 109 cm³/mol. The third kappa shape index (κ3) is 4.18. The van der Waals surface area contributed by atoms with Crippen molar-refractivity contribution in [2.45, 2.75) is 33.4 Å². The number of aryl methyl sites for hydroxylation is 1. The van der Waals surface area contributed by atoms with Crippen LogP contribution in [0.2, 0.25) is 0 Å². The summed E-state index contributed by atoms with van der Waals surface area (Å²) in [4.78, 5) is 51.8. The van der Waals surface area contributed by atoms with Crippen molar-refractivity contribution in [1.29, 1.82) is 0 Å². The second-order valence-corrected chi connectivity index (χ2v) is 7.26. The van der Waals surface area contributed by atoms with E-state index in [0.29, 0.717) is 18.7 Å². The lowest BCUT2D eigenvalue weighted by Crippen LogP contribution is -2.37. The van der Waals surface area contributed by atoms with Crippen molar-refractivity contribution in [2.75, 3.05) is 20.3 Å². The number of carbonyl (C=O) groups is 4. The van der Waals surface area contributed by atoms with Gasteiger partial charge in [-0.2, -0.15) is 0 Å². The number of amides is 4. The first-order valence-electron chi connectivity index (χ1n) is 9.75. The van der Waals surface area contributed by atoms with Gasteiger partial charge in [-0.25, -0.2) is 9.69 Å². The highest BCUT2D eigenvalue weighted by molar-refractivity contribution is 6.45. The molecular formula is C22H25N3O5. The molecular weight excluding hydrogens is 386 g/mol. The lowest BCUT2D eigenvalue weighted by atomic mass is 10.1. The van der Waals surface area contributed by atoms with Gasteiger partial charge in [0.05, 0.1) is 13.1 Å². The van der Waals surface area contributed by atoms with E-state index in [2.05, 4.69) is 0 Å². The number of benzene rings is 1. The van der Waals surface area contributed by atoms with Gasteiger partial charge in [0.15, 0.2) is 5.78 Å². The minimum atomic E-state index is -0.974. The number of ketones is 1. The predicted octanol–water partition coefficient (Wildman–Crippen LogP) is 2.32. The fourth-order valence-corrected chi connectivity index (χ4v) is 3.62. The van der Waals surface area contributed by atoms with Crippen molar-refractivity contribution >= 4 is 23.6 Å². The molecule has 8 heteroatoms. The molecule has 0 bridgehead atoms. The normalized spacial score (nSPS) is 14.2. The molecule has 0 radical (unpaired) electrons. The minimum Gasteiger partial charge on any atom is -0.385 e. The number of carbonyl (C=O) groups excluding carboxylic acids is 4. The van der Waals surface area contributed by atoms with Crippen molar-refractivity contribution in [3.63, 3.8) is 0 Å². The van der Waals surface area contributed by atoms with E-state index in [0.717, 1.165) is 33.2 Å². The van der Waals surface area contributed by atoms with Gasteiger partial charge >= 0.3 is 17.8 Å². The second kappa shape index (κ2) is 9.04. The molecule has 0 unspecified atom stereocenters. The number of imide groups is 2. The van der Waals surface area contributed by atoms with Crippen molar-refractivity contribution in [3.05, 3.63) is 58.9 Å². The molecule has 0 saturated carbocycles. The van der Waals surface area contributed by atoms with Crippen LogP contribution in [0.3, 0.4) is 0 Å². The SMILES string of the molecule is COCCCn1c(C)cc(C(=O)CN2C(=O)C(=O)N(Cc3ccccc3)C2=O)c1C. The van der Waals surface area contributed by atoms with E-state index in [9.17, 15) is 19.2 Å². The number of urea groups is 1. The van der Waals surface area contributed by atoms with Gasteiger partial charge in [-0.1, -0.05) is 30.3 Å². The minimum absolute atomic E-state index is 0.0110. The van der Waals surface area contributed by atoms with E-state index in [1.807, 2.05) is 24.5 Å². The van der Waals surface area contributed by atoms with Crippen LogP contribution < -0.4 is 0 Å². The molecule has 30 heavy (non-hydrogen) atoms. The van der Waals surface area contributed by atoms with E-state index in [-0.39, 0.29) is 12.3 Å². The van der Waals surface area contributed by atoms with Gasteiger partial charge in [-0.05, 0) is 31.9 Å². The van der Waals surface area contributed by atoms with Crippen LogP contribution in [0.5, 0.6) is 0 Å². The van der Waals surface area contributed by atoms with Gasteiger partial charge in [0, 0.05) is 37.2 Å². The van der Waals surface area contributed by atoms with Crippen LogP contribution in [-0.4, -0.2) is 58.3 Å². The molecule has 2 heterocycles. The molecule has 1 aromatic heterocycles. The van der Waals surface area contributed by atoms with Gasteiger partial charge in [0.1, 0.15) is 0 Å². The summed E-state index contributed by atoms with van der Waals surface area (Å²) in [5, 5.41) is 0. The van der Waals surface area contributed by atoms with Crippen molar-refractivity contribution in [3.8, 4) is 0 Å². The van der Waals surface area contributed by atoms with Gasteiger partial charge in [0.25, 0.3) is 0 Å². The highest BCUT2D eigenvalue weighted by atomic mass is 16.5. The molecule has 8 nitrogen and oxygen atoms in total. The number of nitrogens with zero attached hydrogens (tertiary/aromatic N) is 3.